The Morgan fingerprint density at radius 3 is 2.78 bits per heavy atom. The Morgan fingerprint density at radius 1 is 1.33 bits per heavy atom. The summed E-state index contributed by atoms with van der Waals surface area (Å²) in [6.07, 6.45) is 4.95. The third-order valence-corrected chi connectivity index (χ3v) is 7.54. The highest BCUT2D eigenvalue weighted by molar-refractivity contribution is 5.98. The average molecular weight is 367 g/mol. The number of likely N-dealkylation sites (tertiary alicyclic amines) is 1. The second kappa shape index (κ2) is 6.47. The van der Waals surface area contributed by atoms with Gasteiger partial charge in [0.2, 0.25) is 5.91 Å². The van der Waals surface area contributed by atoms with Crippen molar-refractivity contribution in [3.63, 3.8) is 0 Å². The highest BCUT2D eigenvalue weighted by Crippen LogP contribution is 2.63. The number of carbonyl (C=O) groups excluding carboxylic acids is 2. The molecule has 1 N–H and O–H groups in total. The van der Waals surface area contributed by atoms with Gasteiger partial charge in [-0.25, -0.2) is 5.43 Å². The minimum absolute atomic E-state index is 0.0862. The molecular weight excluding hydrogens is 338 g/mol. The van der Waals surface area contributed by atoms with Crippen LogP contribution in [0.1, 0.15) is 68.8 Å². The zero-order valence-electron chi connectivity index (χ0n) is 16.5. The molecule has 2 saturated carbocycles. The molecule has 2 aliphatic carbocycles. The number of carbonyl (C=O) groups is 2. The van der Waals surface area contributed by atoms with Crippen LogP contribution in [0.2, 0.25) is 0 Å². The van der Waals surface area contributed by atoms with Gasteiger partial charge >= 0.3 is 0 Å². The van der Waals surface area contributed by atoms with E-state index < -0.39 is 0 Å². The Hall–Kier alpha value is -2.17. The Labute approximate surface area is 161 Å². The summed E-state index contributed by atoms with van der Waals surface area (Å²) in [5.41, 5.74) is 5.84. The molecule has 1 aliphatic heterocycles. The average Bonchev–Trinajstić information content (AvgIpc) is 3.20. The van der Waals surface area contributed by atoms with Crippen LogP contribution in [-0.2, 0) is 11.3 Å². The van der Waals surface area contributed by atoms with E-state index in [4.69, 9.17) is 0 Å². The van der Waals surface area contributed by atoms with Crippen LogP contribution in [0.4, 0.5) is 0 Å². The molecule has 0 radical (unpaired) electrons. The van der Waals surface area contributed by atoms with Gasteiger partial charge in [-0.15, -0.1) is 0 Å². The number of benzene rings is 1. The number of amides is 2. The van der Waals surface area contributed by atoms with E-state index in [1.807, 2.05) is 23.1 Å². The second-order valence-corrected chi connectivity index (χ2v) is 9.11. The van der Waals surface area contributed by atoms with E-state index in [0.717, 1.165) is 37.1 Å². The number of nitrogens with zero attached hydrogens (tertiary/aromatic N) is 2. The molecule has 1 aromatic carbocycles. The van der Waals surface area contributed by atoms with E-state index >= 15 is 0 Å². The molecule has 0 spiro atoms. The number of hydrogen-bond donors (Lipinski definition) is 1. The van der Waals surface area contributed by atoms with Crippen LogP contribution in [0.15, 0.2) is 29.4 Å². The lowest BCUT2D eigenvalue weighted by Crippen LogP contribution is -2.34. The van der Waals surface area contributed by atoms with Crippen LogP contribution in [0, 0.1) is 16.7 Å². The van der Waals surface area contributed by atoms with Crippen molar-refractivity contribution in [2.45, 2.75) is 59.4 Å². The predicted octanol–water partition coefficient (Wildman–Crippen LogP) is 3.74. The van der Waals surface area contributed by atoms with Gasteiger partial charge in [0.15, 0.2) is 0 Å². The first kappa shape index (κ1) is 18.2. The van der Waals surface area contributed by atoms with E-state index in [0.29, 0.717) is 24.4 Å². The largest absolute Gasteiger partial charge is 0.338 e. The van der Waals surface area contributed by atoms with Crippen molar-refractivity contribution in [1.82, 2.24) is 10.3 Å². The van der Waals surface area contributed by atoms with Gasteiger partial charge in [-0.1, -0.05) is 32.9 Å². The molecule has 0 unspecified atom stereocenters. The van der Waals surface area contributed by atoms with Gasteiger partial charge in [0.05, 0.1) is 0 Å². The first-order chi connectivity index (χ1) is 12.8. The van der Waals surface area contributed by atoms with E-state index in [9.17, 15) is 9.59 Å². The lowest BCUT2D eigenvalue weighted by atomic mass is 9.70. The van der Waals surface area contributed by atoms with E-state index in [-0.39, 0.29) is 22.6 Å². The lowest BCUT2D eigenvalue weighted by Gasteiger charge is -2.34. The summed E-state index contributed by atoms with van der Waals surface area (Å²) in [5.74, 6) is 0.684. The fourth-order valence-electron chi connectivity index (χ4n) is 5.18. The fraction of sp³-hybridized carbons (Fsp3) is 0.591. The minimum Gasteiger partial charge on any atom is -0.338 e. The maximum absolute atomic E-state index is 12.6. The molecule has 27 heavy (non-hydrogen) atoms. The van der Waals surface area contributed by atoms with Crippen molar-refractivity contribution in [1.29, 1.82) is 0 Å². The standard InChI is InChI=1S/C22H29N3O2/c1-21(2)17-9-10-22(21,3)18(13-17)23-24-20(27)16-7-4-6-15(12-16)14-25-11-5-8-19(25)26/h4,6-7,12,17H,5,8-11,13-14H2,1-3H3,(H,24,27)/b23-18+/t17-,22+/m1/s1. The maximum Gasteiger partial charge on any atom is 0.271 e. The molecule has 144 valence electrons. The van der Waals surface area contributed by atoms with Crippen LogP contribution in [0.25, 0.3) is 0 Å². The lowest BCUT2D eigenvalue weighted by molar-refractivity contribution is -0.128. The number of hydrogen-bond acceptors (Lipinski definition) is 3. The van der Waals surface area contributed by atoms with E-state index in [1.54, 1.807) is 6.07 Å². The van der Waals surface area contributed by atoms with Crippen molar-refractivity contribution >= 4 is 17.5 Å². The van der Waals surface area contributed by atoms with E-state index in [1.165, 1.54) is 6.42 Å². The van der Waals surface area contributed by atoms with Crippen molar-refractivity contribution < 1.29 is 9.59 Å². The molecule has 2 bridgehead atoms. The smallest absolute Gasteiger partial charge is 0.271 e. The van der Waals surface area contributed by atoms with Gasteiger partial charge in [-0.05, 0) is 54.7 Å². The molecule has 4 rings (SSSR count). The summed E-state index contributed by atoms with van der Waals surface area (Å²) in [7, 11) is 0. The van der Waals surface area contributed by atoms with Crippen LogP contribution in [-0.4, -0.2) is 29.0 Å². The molecule has 1 heterocycles. The molecular formula is C22H29N3O2. The Morgan fingerprint density at radius 2 is 2.15 bits per heavy atom. The van der Waals surface area contributed by atoms with Gasteiger partial charge < -0.3 is 4.90 Å². The van der Waals surface area contributed by atoms with Gasteiger partial charge in [0.25, 0.3) is 5.91 Å². The SMILES string of the molecule is CC1(C)[C@@H]2CC[C@@]1(C)/C(=N/NC(=O)c1cccc(CN3CCCC3=O)c1)C2. The van der Waals surface area contributed by atoms with Crippen LogP contribution < -0.4 is 5.43 Å². The molecule has 2 amide bonds. The summed E-state index contributed by atoms with van der Waals surface area (Å²) in [6, 6.07) is 7.51. The van der Waals surface area contributed by atoms with E-state index in [2.05, 4.69) is 31.3 Å². The number of fused-ring (bicyclic) bond motifs is 2. The first-order valence-corrected chi connectivity index (χ1v) is 10.1. The molecule has 2 atom stereocenters. The summed E-state index contributed by atoms with van der Waals surface area (Å²) < 4.78 is 0. The summed E-state index contributed by atoms with van der Waals surface area (Å²) in [4.78, 5) is 26.3. The molecule has 5 heteroatoms. The fourth-order valence-corrected chi connectivity index (χ4v) is 5.18. The third kappa shape index (κ3) is 2.97. The zero-order valence-corrected chi connectivity index (χ0v) is 16.5. The highest BCUT2D eigenvalue weighted by atomic mass is 16.2. The topological polar surface area (TPSA) is 61.8 Å². The second-order valence-electron chi connectivity index (χ2n) is 9.11. The van der Waals surface area contributed by atoms with Gasteiger partial charge in [0, 0.05) is 36.2 Å². The zero-order chi connectivity index (χ0) is 19.2. The summed E-state index contributed by atoms with van der Waals surface area (Å²) in [6.45, 7) is 8.33. The van der Waals surface area contributed by atoms with Crippen molar-refractivity contribution in [3.05, 3.63) is 35.4 Å². The molecule has 3 fully saturated rings. The normalized spacial score (nSPS) is 30.3. The minimum atomic E-state index is -0.179. The Bertz CT molecular complexity index is 814. The van der Waals surface area contributed by atoms with Crippen LogP contribution in [0.3, 0.4) is 0 Å². The van der Waals surface area contributed by atoms with Crippen LogP contribution in [0.5, 0.6) is 0 Å². The number of hydrazone groups is 1. The van der Waals surface area contributed by atoms with Crippen molar-refractivity contribution in [2.24, 2.45) is 21.8 Å². The number of nitrogens with one attached hydrogen (secondary N) is 1. The third-order valence-electron chi connectivity index (χ3n) is 7.54. The Kier molecular flexibility index (Phi) is 4.36. The first-order valence-electron chi connectivity index (χ1n) is 10.1. The van der Waals surface area contributed by atoms with Gasteiger partial charge in [-0.3, -0.25) is 9.59 Å². The quantitative estimate of drug-likeness (QED) is 0.824. The Balaban J connectivity index is 1.45. The predicted molar refractivity (Wildman–Crippen MR) is 105 cm³/mol. The van der Waals surface area contributed by atoms with Gasteiger partial charge in [0.1, 0.15) is 0 Å². The highest BCUT2D eigenvalue weighted by Gasteiger charge is 2.60. The maximum atomic E-state index is 12.6. The van der Waals surface area contributed by atoms with Gasteiger partial charge in [-0.2, -0.15) is 5.10 Å². The molecule has 1 saturated heterocycles. The molecule has 0 aromatic heterocycles. The number of rotatable bonds is 4. The monoisotopic (exact) mass is 367 g/mol. The summed E-state index contributed by atoms with van der Waals surface area (Å²) in [5, 5.41) is 4.55. The van der Waals surface area contributed by atoms with Crippen molar-refractivity contribution in [2.75, 3.05) is 6.54 Å². The molecule has 1 aromatic rings. The van der Waals surface area contributed by atoms with Crippen molar-refractivity contribution in [3.8, 4) is 0 Å². The molecule has 5 nitrogen and oxygen atoms in total. The van der Waals surface area contributed by atoms with Crippen LogP contribution >= 0.6 is 0 Å². The molecule has 3 aliphatic rings. The summed E-state index contributed by atoms with van der Waals surface area (Å²) >= 11 is 0.